The molecule has 168 valence electrons. The maximum absolute atomic E-state index is 5.43. The van der Waals surface area contributed by atoms with Gasteiger partial charge in [-0.15, -0.1) is 24.0 Å². The van der Waals surface area contributed by atoms with Crippen LogP contribution < -0.4 is 10.2 Å². The lowest BCUT2D eigenvalue weighted by molar-refractivity contribution is 0.146. The van der Waals surface area contributed by atoms with Crippen LogP contribution in [0.3, 0.4) is 0 Å². The second-order valence-corrected chi connectivity index (χ2v) is 7.56. The lowest BCUT2D eigenvalue weighted by Gasteiger charge is -2.36. The second-order valence-electron chi connectivity index (χ2n) is 6.83. The molecule has 0 bridgehead atoms. The topological polar surface area (TPSA) is 79.0 Å². The van der Waals surface area contributed by atoms with Crippen molar-refractivity contribution < 1.29 is 9.15 Å². The minimum Gasteiger partial charge on any atom is -0.469 e. The van der Waals surface area contributed by atoms with E-state index in [1.807, 2.05) is 19.1 Å². The highest BCUT2D eigenvalue weighted by atomic mass is 127. The predicted molar refractivity (Wildman–Crippen MR) is 132 cm³/mol. The summed E-state index contributed by atoms with van der Waals surface area (Å²) in [5, 5.41) is 4.55. The normalized spacial score (nSPS) is 14.7. The van der Waals surface area contributed by atoms with Crippen LogP contribution in [-0.4, -0.2) is 72.7 Å². The van der Waals surface area contributed by atoms with E-state index in [-0.39, 0.29) is 24.0 Å². The zero-order chi connectivity index (χ0) is 20.3. The molecule has 0 amide bonds. The zero-order valence-electron chi connectivity index (χ0n) is 17.9. The zero-order valence-corrected chi connectivity index (χ0v) is 21.0. The van der Waals surface area contributed by atoms with Gasteiger partial charge in [-0.1, -0.05) is 6.92 Å². The van der Waals surface area contributed by atoms with E-state index in [4.69, 9.17) is 14.1 Å². The standard InChI is InChI=1S/C20H32N6O2S.HI/c1-3-18-23-20(29-24-18)26-13-11-25(12-14-26)19(21-9-6-15-27-4-2)22-10-8-17-7-5-16-28-17;/h5,7,16H,3-4,6,8-15H2,1-2H3,(H,21,22);1H. The quantitative estimate of drug-likeness (QED) is 0.212. The Morgan fingerprint density at radius 2 is 2.13 bits per heavy atom. The highest BCUT2D eigenvalue weighted by Gasteiger charge is 2.22. The van der Waals surface area contributed by atoms with Gasteiger partial charge >= 0.3 is 0 Å². The highest BCUT2D eigenvalue weighted by molar-refractivity contribution is 14.0. The van der Waals surface area contributed by atoms with Crippen LogP contribution in [0.2, 0.25) is 0 Å². The van der Waals surface area contributed by atoms with Gasteiger partial charge in [-0.05, 0) is 25.5 Å². The number of aliphatic imine (C=N–C) groups is 1. The Bertz CT molecular complexity index is 731. The number of aryl methyl sites for hydroxylation is 1. The van der Waals surface area contributed by atoms with Crippen LogP contribution in [0.15, 0.2) is 27.8 Å². The number of halogens is 1. The Balaban J connectivity index is 0.00000320. The van der Waals surface area contributed by atoms with Crippen LogP contribution in [0.5, 0.6) is 0 Å². The second kappa shape index (κ2) is 13.8. The Kier molecular flexibility index (Phi) is 11.4. The fourth-order valence-electron chi connectivity index (χ4n) is 3.14. The first-order valence-electron chi connectivity index (χ1n) is 10.5. The van der Waals surface area contributed by atoms with Crippen LogP contribution in [0.1, 0.15) is 31.9 Å². The van der Waals surface area contributed by atoms with Gasteiger partial charge < -0.3 is 24.3 Å². The number of anilines is 1. The monoisotopic (exact) mass is 548 g/mol. The van der Waals surface area contributed by atoms with Gasteiger partial charge in [0.25, 0.3) is 0 Å². The number of hydrogen-bond acceptors (Lipinski definition) is 7. The SMILES string of the molecule is CCOCCCN=C(NCCc1ccco1)N1CCN(c2nc(CC)ns2)CC1.I. The molecule has 8 nitrogen and oxygen atoms in total. The van der Waals surface area contributed by atoms with Crippen molar-refractivity contribution in [3.8, 4) is 0 Å². The van der Waals surface area contributed by atoms with E-state index in [0.29, 0.717) is 0 Å². The van der Waals surface area contributed by atoms with Crippen molar-refractivity contribution in [3.05, 3.63) is 30.0 Å². The minimum atomic E-state index is 0. The number of guanidine groups is 1. The summed E-state index contributed by atoms with van der Waals surface area (Å²) in [7, 11) is 0. The number of nitrogens with zero attached hydrogens (tertiary/aromatic N) is 5. The largest absolute Gasteiger partial charge is 0.469 e. The summed E-state index contributed by atoms with van der Waals surface area (Å²) in [5.74, 6) is 2.89. The molecule has 1 aliphatic heterocycles. The number of ether oxygens (including phenoxy) is 1. The van der Waals surface area contributed by atoms with Crippen molar-refractivity contribution in [2.75, 3.05) is 57.4 Å². The average molecular weight is 548 g/mol. The lowest BCUT2D eigenvalue weighted by Crippen LogP contribution is -2.53. The van der Waals surface area contributed by atoms with Crippen molar-refractivity contribution in [3.63, 3.8) is 0 Å². The first-order chi connectivity index (χ1) is 14.3. The van der Waals surface area contributed by atoms with Crippen molar-refractivity contribution in [2.24, 2.45) is 4.99 Å². The van der Waals surface area contributed by atoms with Crippen molar-refractivity contribution in [1.82, 2.24) is 19.6 Å². The summed E-state index contributed by atoms with van der Waals surface area (Å²) in [6.45, 7) is 10.9. The van der Waals surface area contributed by atoms with E-state index >= 15 is 0 Å². The van der Waals surface area contributed by atoms with E-state index in [1.165, 1.54) is 11.5 Å². The Morgan fingerprint density at radius 3 is 2.80 bits per heavy atom. The molecule has 0 unspecified atom stereocenters. The maximum atomic E-state index is 5.43. The van der Waals surface area contributed by atoms with E-state index in [2.05, 4.69) is 31.4 Å². The third-order valence-electron chi connectivity index (χ3n) is 4.77. The van der Waals surface area contributed by atoms with Crippen LogP contribution in [0, 0.1) is 0 Å². The van der Waals surface area contributed by atoms with Crippen LogP contribution in [0.4, 0.5) is 5.13 Å². The van der Waals surface area contributed by atoms with E-state index < -0.39 is 0 Å². The molecule has 0 aliphatic carbocycles. The van der Waals surface area contributed by atoms with E-state index in [0.717, 1.165) is 94.4 Å². The van der Waals surface area contributed by atoms with E-state index in [9.17, 15) is 0 Å². The third-order valence-corrected chi connectivity index (χ3v) is 5.59. The summed E-state index contributed by atoms with van der Waals surface area (Å²) in [5.41, 5.74) is 0. The van der Waals surface area contributed by atoms with Gasteiger partial charge in [-0.25, -0.2) is 4.98 Å². The van der Waals surface area contributed by atoms with Crippen LogP contribution in [0.25, 0.3) is 0 Å². The first kappa shape index (κ1) is 24.9. The summed E-state index contributed by atoms with van der Waals surface area (Å²) < 4.78 is 15.3. The number of nitrogens with one attached hydrogen (secondary N) is 1. The number of piperazine rings is 1. The van der Waals surface area contributed by atoms with Gasteiger partial charge in [0.1, 0.15) is 11.6 Å². The van der Waals surface area contributed by atoms with Gasteiger partial charge in [-0.3, -0.25) is 4.99 Å². The summed E-state index contributed by atoms with van der Waals surface area (Å²) in [4.78, 5) is 14.1. The average Bonchev–Trinajstić information content (AvgIpc) is 3.44. The highest BCUT2D eigenvalue weighted by Crippen LogP contribution is 2.19. The minimum absolute atomic E-state index is 0. The number of rotatable bonds is 10. The Hall–Kier alpha value is -1.40. The molecule has 3 heterocycles. The Morgan fingerprint density at radius 1 is 1.30 bits per heavy atom. The molecule has 1 fully saturated rings. The molecule has 2 aromatic rings. The number of hydrogen-bond donors (Lipinski definition) is 1. The fraction of sp³-hybridized carbons (Fsp3) is 0.650. The van der Waals surface area contributed by atoms with Gasteiger partial charge in [-0.2, -0.15) is 4.37 Å². The molecule has 30 heavy (non-hydrogen) atoms. The summed E-state index contributed by atoms with van der Waals surface area (Å²) in [6.07, 6.45) is 4.38. The smallest absolute Gasteiger partial charge is 0.205 e. The van der Waals surface area contributed by atoms with Crippen LogP contribution >= 0.6 is 35.5 Å². The third kappa shape index (κ3) is 7.69. The molecule has 0 radical (unpaired) electrons. The molecule has 2 aromatic heterocycles. The summed E-state index contributed by atoms with van der Waals surface area (Å²) >= 11 is 1.50. The molecule has 3 rings (SSSR count). The van der Waals surface area contributed by atoms with Gasteiger partial charge in [0.2, 0.25) is 5.13 Å². The Labute approximate surface area is 200 Å². The van der Waals surface area contributed by atoms with Crippen molar-refractivity contribution in [1.29, 1.82) is 0 Å². The number of aromatic nitrogens is 2. The van der Waals surface area contributed by atoms with Gasteiger partial charge in [0, 0.05) is 76.9 Å². The van der Waals surface area contributed by atoms with Gasteiger partial charge in [0.15, 0.2) is 5.96 Å². The lowest BCUT2D eigenvalue weighted by atomic mass is 10.3. The molecule has 0 atom stereocenters. The fourth-order valence-corrected chi connectivity index (χ4v) is 3.94. The molecule has 0 aromatic carbocycles. The summed E-state index contributed by atoms with van der Waals surface area (Å²) in [6, 6.07) is 3.93. The molecule has 1 aliphatic rings. The molecular formula is C20H33IN6O2S. The van der Waals surface area contributed by atoms with E-state index in [1.54, 1.807) is 6.26 Å². The predicted octanol–water partition coefficient (Wildman–Crippen LogP) is 3.05. The van der Waals surface area contributed by atoms with Crippen molar-refractivity contribution >= 4 is 46.6 Å². The van der Waals surface area contributed by atoms with Crippen molar-refractivity contribution in [2.45, 2.75) is 33.1 Å². The molecule has 10 heteroatoms. The van der Waals surface area contributed by atoms with Crippen LogP contribution in [-0.2, 0) is 17.6 Å². The molecule has 1 N–H and O–H groups in total. The molecule has 0 spiro atoms. The molecule has 1 saturated heterocycles. The molecular weight excluding hydrogens is 515 g/mol. The maximum Gasteiger partial charge on any atom is 0.205 e. The first-order valence-corrected chi connectivity index (χ1v) is 11.3. The van der Waals surface area contributed by atoms with Gasteiger partial charge in [0.05, 0.1) is 6.26 Å². The molecule has 0 saturated carbocycles. The number of furan rings is 1.